The summed E-state index contributed by atoms with van der Waals surface area (Å²) in [6.45, 7) is 0. The highest BCUT2D eigenvalue weighted by atomic mass is 35.5. The van der Waals surface area contributed by atoms with E-state index >= 15 is 0 Å². The largest absolute Gasteiger partial charge is 0.796 e. The van der Waals surface area contributed by atoms with Gasteiger partial charge in [-0.25, -0.2) is 8.63 Å². The fraction of sp³-hybridized carbons (Fsp3) is 0.0952. The third-order valence-electron chi connectivity index (χ3n) is 3.53. The van der Waals surface area contributed by atoms with E-state index < -0.39 is 33.1 Å². The van der Waals surface area contributed by atoms with Gasteiger partial charge in [-0.2, -0.15) is 0 Å². The molecule has 0 saturated heterocycles. The van der Waals surface area contributed by atoms with Gasteiger partial charge in [-0.3, -0.25) is 4.79 Å². The first-order valence-electron chi connectivity index (χ1n) is 11.1. The number of halogens is 4. The molecule has 4 nitrogen and oxygen atoms in total. The third kappa shape index (κ3) is 7.24. The molecule has 0 atom stereocenters. The fourth-order valence-electron chi connectivity index (χ4n) is 2.24. The number of hydrogen-bond acceptors (Lipinski definition) is 4. The van der Waals surface area contributed by atoms with Crippen molar-refractivity contribution in [3.8, 4) is 11.5 Å². The average molecular weight is 459 g/mol. The van der Waals surface area contributed by atoms with Gasteiger partial charge in [0.05, 0.1) is 22.3 Å². The fourth-order valence-corrected chi connectivity index (χ4v) is 2.60. The number of ether oxygens (including phenoxy) is 2. The molecular weight excluding hydrogens is 436 g/mol. The van der Waals surface area contributed by atoms with E-state index in [2.05, 4.69) is 4.65 Å². The Kier molecular flexibility index (Phi) is 6.09. The van der Waals surface area contributed by atoms with E-state index in [9.17, 15) is 13.4 Å². The lowest BCUT2D eigenvalue weighted by atomic mass is 10.1. The van der Waals surface area contributed by atoms with Crippen LogP contribution in [0.3, 0.4) is 0 Å². The second-order valence-electron chi connectivity index (χ2n) is 5.56. The first kappa shape index (κ1) is 16.0. The minimum Gasteiger partial charge on any atom is -0.505 e. The van der Waals surface area contributed by atoms with Gasteiger partial charge in [0, 0.05) is 27.2 Å². The van der Waals surface area contributed by atoms with Gasteiger partial charge in [0.15, 0.2) is 5.78 Å². The molecule has 0 aliphatic heterocycles. The minimum absolute atomic E-state index is 0.0841. The molecule has 0 N–H and O–H groups in total. The zero-order valence-electron chi connectivity index (χ0n) is 21.1. The first-order chi connectivity index (χ1) is 16.6. The quantitative estimate of drug-likeness (QED) is 0.196. The van der Waals surface area contributed by atoms with Crippen molar-refractivity contribution in [1.29, 1.82) is 0 Å². The molecule has 156 valence electrons. The van der Waals surface area contributed by atoms with Crippen molar-refractivity contribution in [2.24, 2.45) is 0 Å². The number of carbonyl (C=O) groups is 1. The number of carbonyl (C=O) groups excluding carboxylic acids is 1. The number of allylic oxidation sites excluding steroid dienone is 3. The maximum Gasteiger partial charge on any atom is 0.796 e. The van der Waals surface area contributed by atoms with Crippen molar-refractivity contribution in [2.75, 3.05) is 14.1 Å². The summed E-state index contributed by atoms with van der Waals surface area (Å²) in [4.78, 5) is 12.4. The Labute approximate surface area is 192 Å². The molecule has 0 radical (unpaired) electrons. The van der Waals surface area contributed by atoms with E-state index in [0.29, 0.717) is 0 Å². The van der Waals surface area contributed by atoms with E-state index in [0.717, 1.165) is 18.2 Å². The maximum atomic E-state index is 12.9. The normalized spacial score (nSPS) is 15.5. The van der Waals surface area contributed by atoms with E-state index in [1.54, 1.807) is 0 Å². The van der Waals surface area contributed by atoms with Crippen LogP contribution in [0.25, 0.3) is 12.2 Å². The summed E-state index contributed by atoms with van der Waals surface area (Å²) in [5.41, 5.74) is 0.272. The van der Waals surface area contributed by atoms with Crippen LogP contribution >= 0.6 is 23.2 Å². The number of rotatable bonds is 9. The van der Waals surface area contributed by atoms with Gasteiger partial charge < -0.3 is 14.1 Å². The van der Waals surface area contributed by atoms with Crippen LogP contribution in [0.1, 0.15) is 19.4 Å². The van der Waals surface area contributed by atoms with E-state index in [-0.39, 0.29) is 32.7 Å². The molecule has 0 aliphatic rings. The van der Waals surface area contributed by atoms with Crippen LogP contribution < -0.4 is 9.47 Å². The second kappa shape index (κ2) is 11.4. The molecule has 2 aromatic carbocycles. The minimum atomic E-state index is -3.28. The summed E-state index contributed by atoms with van der Waals surface area (Å²) < 4.78 is 83.3. The standard InChI is InChI=1S/C21H17BCl2F2O4/c1-28-20-9-5-16(23)11-14(20)3-7-18(27)13-19(30-22(25)26)8-4-15-12-17(24)6-10-21(15)29-2/h3-13H,1-2H3/b7-3+,8-4+,19-13-/i1D3,2D3. The molecule has 2 aromatic rings. The summed E-state index contributed by atoms with van der Waals surface area (Å²) in [5, 5.41) is 0.445. The van der Waals surface area contributed by atoms with Crippen LogP contribution in [-0.4, -0.2) is 27.3 Å². The first-order valence-corrected chi connectivity index (χ1v) is 8.91. The molecule has 30 heavy (non-hydrogen) atoms. The van der Waals surface area contributed by atoms with Crippen LogP contribution in [0.4, 0.5) is 8.63 Å². The number of hydrogen-bond donors (Lipinski definition) is 0. The predicted molar refractivity (Wildman–Crippen MR) is 116 cm³/mol. The molecule has 9 heteroatoms. The molecule has 2 rings (SSSR count). The topological polar surface area (TPSA) is 44.8 Å². The Morgan fingerprint density at radius 3 is 2.00 bits per heavy atom. The van der Waals surface area contributed by atoms with E-state index in [1.807, 2.05) is 0 Å². The molecule has 0 heterocycles. The van der Waals surface area contributed by atoms with Gasteiger partial charge >= 0.3 is 7.47 Å². The van der Waals surface area contributed by atoms with Gasteiger partial charge in [-0.05, 0) is 60.7 Å². The van der Waals surface area contributed by atoms with Crippen molar-refractivity contribution in [3.05, 3.63) is 81.6 Å². The average Bonchev–Trinajstić information content (AvgIpc) is 2.71. The van der Waals surface area contributed by atoms with Crippen molar-refractivity contribution in [1.82, 2.24) is 0 Å². The summed E-state index contributed by atoms with van der Waals surface area (Å²) in [5.74, 6) is -1.56. The highest BCUT2D eigenvalue weighted by Crippen LogP contribution is 2.25. The van der Waals surface area contributed by atoms with Gasteiger partial charge in [0.25, 0.3) is 0 Å². The van der Waals surface area contributed by atoms with Gasteiger partial charge in [0.2, 0.25) is 0 Å². The van der Waals surface area contributed by atoms with Crippen molar-refractivity contribution < 1.29 is 35.8 Å². The number of benzene rings is 2. The van der Waals surface area contributed by atoms with Crippen LogP contribution in [0.5, 0.6) is 11.5 Å². The zero-order chi connectivity index (χ0) is 27.1. The maximum absolute atomic E-state index is 12.9. The van der Waals surface area contributed by atoms with Crippen LogP contribution in [0, 0.1) is 0 Å². The highest BCUT2D eigenvalue weighted by molar-refractivity contribution is 6.35. The summed E-state index contributed by atoms with van der Waals surface area (Å²) in [6.07, 6.45) is 5.07. The Bertz CT molecular complexity index is 1180. The predicted octanol–water partition coefficient (Wildman–Crippen LogP) is 6.13. The Hall–Kier alpha value is -2.77. The highest BCUT2D eigenvalue weighted by Gasteiger charge is 2.18. The molecule has 0 spiro atoms. The van der Waals surface area contributed by atoms with Gasteiger partial charge in [0.1, 0.15) is 17.3 Å². The van der Waals surface area contributed by atoms with Crippen molar-refractivity contribution >= 4 is 48.6 Å². The Morgan fingerprint density at radius 1 is 0.967 bits per heavy atom. The summed E-state index contributed by atoms with van der Waals surface area (Å²) in [7, 11) is -8.81. The summed E-state index contributed by atoms with van der Waals surface area (Å²) >= 11 is 11.8. The monoisotopic (exact) mass is 458 g/mol. The molecule has 0 aromatic heterocycles. The lowest BCUT2D eigenvalue weighted by Crippen LogP contribution is -2.04. The van der Waals surface area contributed by atoms with Gasteiger partial charge in [-0.1, -0.05) is 23.2 Å². The van der Waals surface area contributed by atoms with Crippen LogP contribution in [0.2, 0.25) is 10.0 Å². The second-order valence-corrected chi connectivity index (χ2v) is 6.44. The lowest BCUT2D eigenvalue weighted by Gasteiger charge is -2.06. The molecule has 0 bridgehead atoms. The molecule has 0 unspecified atom stereocenters. The summed E-state index contributed by atoms with van der Waals surface area (Å²) in [6, 6.07) is 8.02. The molecule has 0 saturated carbocycles. The van der Waals surface area contributed by atoms with Crippen molar-refractivity contribution in [2.45, 2.75) is 0 Å². The molecule has 0 amide bonds. The SMILES string of the molecule is [2H]C([2H])([2H])Oc1ccc(Cl)cc1/C=C/C(=O)/C=C(/C=C/c1cc(Cl)ccc1OC([2H])([2H])[2H])OB(F)F. The zero-order valence-corrected chi connectivity index (χ0v) is 16.6. The Morgan fingerprint density at radius 2 is 1.50 bits per heavy atom. The number of ketones is 1. The molecular formula is C21H17BCl2F2O4. The third-order valence-corrected chi connectivity index (χ3v) is 4.00. The number of methoxy groups -OCH3 is 2. The van der Waals surface area contributed by atoms with Crippen LogP contribution in [0.15, 0.2) is 60.4 Å². The smallest absolute Gasteiger partial charge is 0.505 e. The Balaban J connectivity index is 2.34. The van der Waals surface area contributed by atoms with Crippen molar-refractivity contribution in [3.63, 3.8) is 0 Å². The van der Waals surface area contributed by atoms with E-state index in [4.69, 9.17) is 40.9 Å². The van der Waals surface area contributed by atoms with Gasteiger partial charge in [-0.15, -0.1) is 0 Å². The molecule has 0 aliphatic carbocycles. The van der Waals surface area contributed by atoms with E-state index in [1.165, 1.54) is 48.6 Å². The lowest BCUT2D eigenvalue weighted by molar-refractivity contribution is -0.110. The van der Waals surface area contributed by atoms with Crippen LogP contribution in [-0.2, 0) is 9.45 Å². The molecule has 0 fully saturated rings.